The van der Waals surface area contributed by atoms with E-state index >= 15 is 0 Å². The minimum absolute atomic E-state index is 0.181. The molecule has 2 rings (SSSR count). The summed E-state index contributed by atoms with van der Waals surface area (Å²) in [7, 11) is 0. The van der Waals surface area contributed by atoms with Gasteiger partial charge in [-0.3, -0.25) is 0 Å². The molecule has 2 fully saturated rings. The van der Waals surface area contributed by atoms with Crippen LogP contribution in [0.25, 0.3) is 0 Å². The molecule has 4 nitrogen and oxygen atoms in total. The van der Waals surface area contributed by atoms with E-state index in [1.807, 2.05) is 20.8 Å². The number of likely N-dealkylation sites (tertiary alicyclic amines) is 1. The maximum atomic E-state index is 11.9. The van der Waals surface area contributed by atoms with E-state index in [1.54, 1.807) is 4.90 Å². The van der Waals surface area contributed by atoms with Crippen LogP contribution in [0.15, 0.2) is 0 Å². The predicted octanol–water partition coefficient (Wildman–Crippen LogP) is 1.87. The molecule has 1 amide bonds. The Balaban J connectivity index is 1.92. The average molecular weight is 241 g/mol. The monoisotopic (exact) mass is 241 g/mol. The van der Waals surface area contributed by atoms with Crippen LogP contribution in [0.2, 0.25) is 0 Å². The van der Waals surface area contributed by atoms with Gasteiger partial charge in [-0.25, -0.2) is 4.79 Å². The number of aliphatic hydroxyl groups excluding tert-OH is 1. The molecule has 1 saturated carbocycles. The number of carbonyl (C=O) groups excluding carboxylic acids is 1. The van der Waals surface area contributed by atoms with Crippen LogP contribution in [0.3, 0.4) is 0 Å². The number of carbonyl (C=O) groups is 1. The Morgan fingerprint density at radius 3 is 2.47 bits per heavy atom. The third-order valence-corrected chi connectivity index (χ3v) is 3.61. The molecule has 0 aromatic rings. The predicted molar refractivity (Wildman–Crippen MR) is 64.6 cm³/mol. The average Bonchev–Trinajstić information content (AvgIpc) is 2.95. The van der Waals surface area contributed by atoms with Crippen molar-refractivity contribution in [3.05, 3.63) is 0 Å². The summed E-state index contributed by atoms with van der Waals surface area (Å²) in [6.07, 6.45) is 2.27. The summed E-state index contributed by atoms with van der Waals surface area (Å²) < 4.78 is 5.37. The lowest BCUT2D eigenvalue weighted by molar-refractivity contribution is 0.0280. The molecule has 2 atom stereocenters. The molecule has 0 aromatic carbocycles. The van der Waals surface area contributed by atoms with Crippen LogP contribution in [-0.2, 0) is 4.74 Å². The molecule has 0 radical (unpaired) electrons. The maximum Gasteiger partial charge on any atom is 0.410 e. The second-order valence-corrected chi connectivity index (χ2v) is 6.33. The molecule has 1 heterocycles. The number of ether oxygens (including phenoxy) is 1. The first-order valence-corrected chi connectivity index (χ1v) is 6.49. The number of hydrogen-bond acceptors (Lipinski definition) is 3. The van der Waals surface area contributed by atoms with Crippen molar-refractivity contribution in [2.24, 2.45) is 17.8 Å². The molecule has 1 aliphatic carbocycles. The minimum Gasteiger partial charge on any atom is -0.444 e. The third kappa shape index (κ3) is 3.12. The van der Waals surface area contributed by atoms with Crippen molar-refractivity contribution in [3.63, 3.8) is 0 Å². The molecule has 2 aliphatic rings. The number of nitrogens with zero attached hydrogens (tertiary/aromatic N) is 1. The molecule has 1 N–H and O–H groups in total. The lowest BCUT2D eigenvalue weighted by atomic mass is 9.92. The van der Waals surface area contributed by atoms with Crippen molar-refractivity contribution in [2.45, 2.75) is 39.2 Å². The first-order valence-electron chi connectivity index (χ1n) is 6.49. The van der Waals surface area contributed by atoms with E-state index in [2.05, 4.69) is 0 Å². The zero-order valence-electron chi connectivity index (χ0n) is 11.0. The Bertz CT molecular complexity index is 294. The fourth-order valence-corrected chi connectivity index (χ4v) is 2.62. The van der Waals surface area contributed by atoms with Gasteiger partial charge in [0.2, 0.25) is 0 Å². The fraction of sp³-hybridized carbons (Fsp3) is 0.923. The van der Waals surface area contributed by atoms with Crippen molar-refractivity contribution < 1.29 is 14.6 Å². The number of rotatable bonds is 2. The van der Waals surface area contributed by atoms with Crippen molar-refractivity contribution in [2.75, 3.05) is 19.7 Å². The van der Waals surface area contributed by atoms with E-state index in [0.717, 1.165) is 12.5 Å². The highest BCUT2D eigenvalue weighted by Crippen LogP contribution is 2.44. The Hall–Kier alpha value is -0.770. The van der Waals surface area contributed by atoms with Crippen LogP contribution in [-0.4, -0.2) is 41.4 Å². The number of hydrogen-bond donors (Lipinski definition) is 1. The summed E-state index contributed by atoms with van der Waals surface area (Å²) in [6, 6.07) is 0. The second kappa shape index (κ2) is 4.48. The largest absolute Gasteiger partial charge is 0.444 e. The second-order valence-electron chi connectivity index (χ2n) is 6.33. The van der Waals surface area contributed by atoms with Crippen molar-refractivity contribution in [1.29, 1.82) is 0 Å². The van der Waals surface area contributed by atoms with Gasteiger partial charge in [-0.2, -0.15) is 0 Å². The van der Waals surface area contributed by atoms with Gasteiger partial charge in [0.05, 0.1) is 0 Å². The lowest BCUT2D eigenvalue weighted by Crippen LogP contribution is -2.35. The van der Waals surface area contributed by atoms with Crippen LogP contribution >= 0.6 is 0 Å². The molecule has 0 aromatic heterocycles. The minimum atomic E-state index is -0.441. The highest BCUT2D eigenvalue weighted by Gasteiger charge is 2.44. The van der Waals surface area contributed by atoms with Crippen molar-refractivity contribution in [1.82, 2.24) is 4.90 Å². The van der Waals surface area contributed by atoms with Gasteiger partial charge in [0.1, 0.15) is 5.60 Å². The molecule has 4 heteroatoms. The van der Waals surface area contributed by atoms with Crippen LogP contribution in [0, 0.1) is 17.8 Å². The van der Waals surface area contributed by atoms with Gasteiger partial charge < -0.3 is 14.7 Å². The van der Waals surface area contributed by atoms with Crippen LogP contribution < -0.4 is 0 Å². The van der Waals surface area contributed by atoms with Crippen molar-refractivity contribution >= 4 is 6.09 Å². The summed E-state index contributed by atoms with van der Waals surface area (Å²) in [6.45, 7) is 7.21. The smallest absolute Gasteiger partial charge is 0.410 e. The molecule has 17 heavy (non-hydrogen) atoms. The molecule has 0 spiro atoms. The van der Waals surface area contributed by atoms with Gasteiger partial charge in [0, 0.05) is 25.6 Å². The van der Waals surface area contributed by atoms with Crippen LogP contribution in [0.1, 0.15) is 33.6 Å². The first-order chi connectivity index (χ1) is 7.90. The van der Waals surface area contributed by atoms with Gasteiger partial charge in [-0.05, 0) is 45.4 Å². The van der Waals surface area contributed by atoms with Crippen LogP contribution in [0.5, 0.6) is 0 Å². The zero-order valence-corrected chi connectivity index (χ0v) is 11.0. The summed E-state index contributed by atoms with van der Waals surface area (Å²) >= 11 is 0. The molecular weight excluding hydrogens is 218 g/mol. The Morgan fingerprint density at radius 2 is 2.00 bits per heavy atom. The van der Waals surface area contributed by atoms with Gasteiger partial charge >= 0.3 is 6.09 Å². The van der Waals surface area contributed by atoms with Gasteiger partial charge in [-0.1, -0.05) is 0 Å². The summed E-state index contributed by atoms with van der Waals surface area (Å²) in [5.41, 5.74) is -0.441. The summed E-state index contributed by atoms with van der Waals surface area (Å²) in [5.74, 6) is 1.45. The Labute approximate surface area is 103 Å². The van der Waals surface area contributed by atoms with E-state index in [1.165, 1.54) is 12.8 Å². The fourth-order valence-electron chi connectivity index (χ4n) is 2.62. The van der Waals surface area contributed by atoms with E-state index in [-0.39, 0.29) is 18.6 Å². The van der Waals surface area contributed by atoms with Gasteiger partial charge in [0.25, 0.3) is 0 Å². The summed E-state index contributed by atoms with van der Waals surface area (Å²) in [5, 5.41) is 9.37. The number of aliphatic hydroxyl groups is 1. The first kappa shape index (κ1) is 12.7. The van der Waals surface area contributed by atoms with Gasteiger partial charge in [-0.15, -0.1) is 0 Å². The highest BCUT2D eigenvalue weighted by atomic mass is 16.6. The number of amides is 1. The molecule has 98 valence electrons. The quantitative estimate of drug-likeness (QED) is 0.803. The standard InChI is InChI=1S/C13H23NO3/c1-13(2,3)17-12(16)14-6-10(8-15)11(7-14)9-4-5-9/h9-11,15H,4-8H2,1-3H3/t10-,11-/m0/s1. The Morgan fingerprint density at radius 1 is 1.35 bits per heavy atom. The normalized spacial score (nSPS) is 29.5. The lowest BCUT2D eigenvalue weighted by Gasteiger charge is -2.24. The molecular formula is C13H23NO3. The van der Waals surface area contributed by atoms with E-state index in [4.69, 9.17) is 4.74 Å². The Kier molecular flexibility index (Phi) is 3.34. The maximum absolute atomic E-state index is 11.9. The summed E-state index contributed by atoms with van der Waals surface area (Å²) in [4.78, 5) is 13.7. The molecule has 0 bridgehead atoms. The molecule has 1 saturated heterocycles. The van der Waals surface area contributed by atoms with Crippen molar-refractivity contribution in [3.8, 4) is 0 Å². The molecule has 0 unspecified atom stereocenters. The van der Waals surface area contributed by atoms with E-state index in [9.17, 15) is 9.90 Å². The highest BCUT2D eigenvalue weighted by molar-refractivity contribution is 5.68. The van der Waals surface area contributed by atoms with E-state index in [0.29, 0.717) is 12.5 Å². The SMILES string of the molecule is CC(C)(C)OC(=O)N1C[C@@H](CO)[C@H](C2CC2)C1. The van der Waals surface area contributed by atoms with E-state index < -0.39 is 5.60 Å². The topological polar surface area (TPSA) is 49.8 Å². The molecule has 1 aliphatic heterocycles. The van der Waals surface area contributed by atoms with Gasteiger partial charge in [0.15, 0.2) is 0 Å². The van der Waals surface area contributed by atoms with Crippen LogP contribution in [0.4, 0.5) is 4.79 Å². The third-order valence-electron chi connectivity index (χ3n) is 3.61. The zero-order chi connectivity index (χ0) is 12.6.